The molecule has 0 aliphatic heterocycles. The van der Waals surface area contributed by atoms with Crippen LogP contribution >= 0.6 is 0 Å². The Kier molecular flexibility index (Phi) is 4.34. The maximum Gasteiger partial charge on any atom is 0.153 e. The van der Waals surface area contributed by atoms with Gasteiger partial charge in [0.25, 0.3) is 0 Å². The molecule has 1 N–H and O–H groups in total. The first-order chi connectivity index (χ1) is 10.3. The molecular weight excluding hydrogens is 260 g/mol. The second-order valence-electron chi connectivity index (χ2n) is 5.81. The molecule has 0 bridgehead atoms. The Morgan fingerprint density at radius 2 is 2.14 bits per heavy atom. The summed E-state index contributed by atoms with van der Waals surface area (Å²) in [7, 11) is 0. The van der Waals surface area contributed by atoms with Crippen molar-refractivity contribution < 1.29 is 0 Å². The van der Waals surface area contributed by atoms with Crippen molar-refractivity contribution in [3.8, 4) is 5.82 Å². The third kappa shape index (κ3) is 3.50. The number of hydrogen-bond donors (Lipinski definition) is 1. The fourth-order valence-electron chi connectivity index (χ4n) is 2.57. The minimum absolute atomic E-state index is 0.686. The molecule has 21 heavy (non-hydrogen) atoms. The van der Waals surface area contributed by atoms with E-state index in [1.54, 1.807) is 0 Å². The van der Waals surface area contributed by atoms with E-state index in [0.29, 0.717) is 5.92 Å². The second kappa shape index (κ2) is 6.39. The van der Waals surface area contributed by atoms with Gasteiger partial charge in [-0.1, -0.05) is 20.3 Å². The highest BCUT2D eigenvalue weighted by Gasteiger charge is 2.26. The van der Waals surface area contributed by atoms with Crippen LogP contribution in [0.1, 0.15) is 56.0 Å². The maximum absolute atomic E-state index is 4.77. The molecule has 2 aromatic rings. The molecular formula is C17H24N4. The van der Waals surface area contributed by atoms with Gasteiger partial charge in [-0.3, -0.25) is 0 Å². The van der Waals surface area contributed by atoms with Gasteiger partial charge in [0, 0.05) is 24.4 Å². The molecule has 0 aromatic carbocycles. The number of nitrogens with one attached hydrogen (secondary N) is 1. The molecule has 1 aliphatic rings. The van der Waals surface area contributed by atoms with E-state index < -0.39 is 0 Å². The fraction of sp³-hybridized carbons (Fsp3) is 0.529. The van der Waals surface area contributed by atoms with Gasteiger partial charge in [0.15, 0.2) is 5.82 Å². The average molecular weight is 284 g/mol. The minimum atomic E-state index is 0.686. The van der Waals surface area contributed by atoms with Crippen LogP contribution in [0.4, 0.5) is 0 Å². The van der Waals surface area contributed by atoms with Crippen molar-refractivity contribution >= 4 is 0 Å². The molecule has 0 spiro atoms. The van der Waals surface area contributed by atoms with E-state index in [1.807, 2.05) is 10.9 Å². The molecule has 0 saturated heterocycles. The van der Waals surface area contributed by atoms with Gasteiger partial charge in [-0.15, -0.1) is 0 Å². The lowest BCUT2D eigenvalue weighted by Gasteiger charge is -2.09. The van der Waals surface area contributed by atoms with Gasteiger partial charge >= 0.3 is 0 Å². The molecule has 1 fully saturated rings. The zero-order chi connectivity index (χ0) is 14.7. The summed E-state index contributed by atoms with van der Waals surface area (Å²) in [5.41, 5.74) is 3.66. The Balaban J connectivity index is 1.88. The number of aryl methyl sites for hydroxylation is 1. The topological polar surface area (TPSA) is 42.7 Å². The Labute approximate surface area is 126 Å². The van der Waals surface area contributed by atoms with Crippen molar-refractivity contribution in [2.24, 2.45) is 0 Å². The van der Waals surface area contributed by atoms with Crippen molar-refractivity contribution in [3.63, 3.8) is 0 Å². The molecule has 2 aromatic heterocycles. The molecule has 0 atom stereocenters. The van der Waals surface area contributed by atoms with Crippen LogP contribution in [0.25, 0.3) is 5.82 Å². The zero-order valence-corrected chi connectivity index (χ0v) is 13.0. The van der Waals surface area contributed by atoms with Crippen molar-refractivity contribution in [3.05, 3.63) is 41.3 Å². The summed E-state index contributed by atoms with van der Waals surface area (Å²) in [6.07, 6.45) is 6.74. The normalized spacial score (nSPS) is 14.6. The lowest BCUT2D eigenvalue weighted by atomic mass is 10.1. The van der Waals surface area contributed by atoms with Crippen molar-refractivity contribution in [1.29, 1.82) is 0 Å². The first kappa shape index (κ1) is 14.3. The number of hydrogen-bond acceptors (Lipinski definition) is 3. The highest BCUT2D eigenvalue weighted by Crippen LogP contribution is 2.38. The van der Waals surface area contributed by atoms with Gasteiger partial charge in [0.2, 0.25) is 0 Å². The van der Waals surface area contributed by atoms with Crippen LogP contribution < -0.4 is 5.32 Å². The summed E-state index contributed by atoms with van der Waals surface area (Å²) in [6.45, 7) is 6.19. The standard InChI is InChI=1S/C17H24N4/c1-3-5-15-10-13(12-18-4-2)11-17(19-15)21-9-8-16(20-21)14-6-7-14/h8-11,14,18H,3-7,12H2,1-2H3. The second-order valence-corrected chi connectivity index (χ2v) is 5.81. The Hall–Kier alpha value is -1.68. The quantitative estimate of drug-likeness (QED) is 0.849. The van der Waals surface area contributed by atoms with E-state index in [0.717, 1.165) is 37.4 Å². The average Bonchev–Trinajstić information content (AvgIpc) is 3.22. The number of nitrogens with zero attached hydrogens (tertiary/aromatic N) is 3. The molecule has 112 valence electrons. The van der Waals surface area contributed by atoms with Gasteiger partial charge in [-0.2, -0.15) is 5.10 Å². The fourth-order valence-corrected chi connectivity index (χ4v) is 2.57. The molecule has 3 rings (SSSR count). The SMILES string of the molecule is CCCc1cc(CNCC)cc(-n2ccc(C3CC3)n2)n1. The summed E-state index contributed by atoms with van der Waals surface area (Å²) in [6, 6.07) is 6.49. The first-order valence-corrected chi connectivity index (χ1v) is 8.06. The number of rotatable bonds is 7. The van der Waals surface area contributed by atoms with Gasteiger partial charge < -0.3 is 5.32 Å². The number of aromatic nitrogens is 3. The van der Waals surface area contributed by atoms with Gasteiger partial charge in [-0.05, 0) is 49.6 Å². The van der Waals surface area contributed by atoms with Crippen molar-refractivity contribution in [2.75, 3.05) is 6.54 Å². The number of pyridine rings is 1. The molecule has 0 unspecified atom stereocenters. The predicted octanol–water partition coefficient (Wildman–Crippen LogP) is 3.21. The Morgan fingerprint density at radius 3 is 2.86 bits per heavy atom. The molecule has 1 saturated carbocycles. The summed E-state index contributed by atoms with van der Waals surface area (Å²) in [4.78, 5) is 4.77. The summed E-state index contributed by atoms with van der Waals surface area (Å²) < 4.78 is 1.93. The van der Waals surface area contributed by atoms with E-state index in [-0.39, 0.29) is 0 Å². The molecule has 0 radical (unpaired) electrons. The highest BCUT2D eigenvalue weighted by atomic mass is 15.3. The van der Waals surface area contributed by atoms with Crippen molar-refractivity contribution in [2.45, 2.75) is 52.0 Å². The summed E-state index contributed by atoms with van der Waals surface area (Å²) in [5.74, 6) is 1.63. The van der Waals surface area contributed by atoms with Crippen LogP contribution in [0.2, 0.25) is 0 Å². The predicted molar refractivity (Wildman–Crippen MR) is 84.7 cm³/mol. The molecule has 0 amide bonds. The van der Waals surface area contributed by atoms with E-state index >= 15 is 0 Å². The van der Waals surface area contributed by atoms with Crippen LogP contribution in [0.15, 0.2) is 24.4 Å². The smallest absolute Gasteiger partial charge is 0.153 e. The van der Waals surface area contributed by atoms with Crippen LogP contribution in [0.5, 0.6) is 0 Å². The van der Waals surface area contributed by atoms with Crippen molar-refractivity contribution in [1.82, 2.24) is 20.1 Å². The van der Waals surface area contributed by atoms with Gasteiger partial charge in [-0.25, -0.2) is 9.67 Å². The van der Waals surface area contributed by atoms with E-state index in [9.17, 15) is 0 Å². The van der Waals surface area contributed by atoms with E-state index in [1.165, 1.54) is 24.1 Å². The Morgan fingerprint density at radius 1 is 1.29 bits per heavy atom. The third-order valence-corrected chi connectivity index (χ3v) is 3.85. The molecule has 1 aliphatic carbocycles. The van der Waals surface area contributed by atoms with Crippen LogP contribution in [0, 0.1) is 0 Å². The van der Waals surface area contributed by atoms with E-state index in [2.05, 4.69) is 37.4 Å². The van der Waals surface area contributed by atoms with Crippen LogP contribution in [0.3, 0.4) is 0 Å². The Bertz CT molecular complexity index is 599. The molecule has 2 heterocycles. The monoisotopic (exact) mass is 284 g/mol. The van der Waals surface area contributed by atoms with E-state index in [4.69, 9.17) is 10.1 Å². The molecule has 4 heteroatoms. The highest BCUT2D eigenvalue weighted by molar-refractivity contribution is 5.31. The summed E-state index contributed by atoms with van der Waals surface area (Å²) >= 11 is 0. The van der Waals surface area contributed by atoms with Crippen LogP contribution in [-0.4, -0.2) is 21.3 Å². The summed E-state index contributed by atoms with van der Waals surface area (Å²) in [5, 5.41) is 8.09. The third-order valence-electron chi connectivity index (χ3n) is 3.85. The lowest BCUT2D eigenvalue weighted by molar-refractivity contribution is 0.717. The van der Waals surface area contributed by atoms with Gasteiger partial charge in [0.05, 0.1) is 5.69 Å². The maximum atomic E-state index is 4.77. The lowest BCUT2D eigenvalue weighted by Crippen LogP contribution is -2.13. The first-order valence-electron chi connectivity index (χ1n) is 8.06. The van der Waals surface area contributed by atoms with Crippen LogP contribution in [-0.2, 0) is 13.0 Å². The zero-order valence-electron chi connectivity index (χ0n) is 13.0. The van der Waals surface area contributed by atoms with Gasteiger partial charge in [0.1, 0.15) is 0 Å². The largest absolute Gasteiger partial charge is 0.313 e. The minimum Gasteiger partial charge on any atom is -0.313 e. The molecule has 4 nitrogen and oxygen atoms in total.